The molecule has 2 atom stereocenters. The van der Waals surface area contributed by atoms with Gasteiger partial charge in [-0.2, -0.15) is 0 Å². The van der Waals surface area contributed by atoms with Crippen LogP contribution in [0.2, 0.25) is 0 Å². The molecule has 1 aliphatic heterocycles. The number of likely N-dealkylation sites (tertiary alicyclic amines) is 1. The van der Waals surface area contributed by atoms with Crippen LogP contribution in [0.5, 0.6) is 0 Å². The van der Waals surface area contributed by atoms with E-state index in [9.17, 15) is 4.39 Å². The Morgan fingerprint density at radius 1 is 1.29 bits per heavy atom. The average molecular weight is 237 g/mol. The first-order valence-corrected chi connectivity index (χ1v) is 6.32. The van der Waals surface area contributed by atoms with Crippen LogP contribution in [0.25, 0.3) is 0 Å². The zero-order chi connectivity index (χ0) is 12.1. The molecule has 1 N–H and O–H groups in total. The number of halogens is 1. The summed E-state index contributed by atoms with van der Waals surface area (Å²) in [6.45, 7) is 1.44. The van der Waals surface area contributed by atoms with Crippen LogP contribution in [0.4, 0.5) is 4.39 Å². The van der Waals surface area contributed by atoms with Gasteiger partial charge in [0.2, 0.25) is 0 Å². The fraction of sp³-hybridized carbons (Fsp3) is 0.571. The van der Waals surface area contributed by atoms with Crippen molar-refractivity contribution in [1.82, 2.24) is 4.90 Å². The Morgan fingerprint density at radius 2 is 2.06 bits per heavy atom. The summed E-state index contributed by atoms with van der Waals surface area (Å²) >= 11 is 0. The lowest BCUT2D eigenvalue weighted by Gasteiger charge is -2.21. The van der Waals surface area contributed by atoms with Gasteiger partial charge in [-0.1, -0.05) is 30.3 Å². The van der Waals surface area contributed by atoms with E-state index in [1.807, 2.05) is 18.2 Å². The van der Waals surface area contributed by atoms with E-state index in [0.29, 0.717) is 13.0 Å². The maximum Gasteiger partial charge on any atom is 0.114 e. The summed E-state index contributed by atoms with van der Waals surface area (Å²) < 4.78 is 13.2. The molecule has 17 heavy (non-hydrogen) atoms. The predicted molar refractivity (Wildman–Crippen MR) is 66.7 cm³/mol. The van der Waals surface area contributed by atoms with Gasteiger partial charge in [-0.15, -0.1) is 0 Å². The Kier molecular flexibility index (Phi) is 4.51. The molecule has 0 radical (unpaired) electrons. The molecule has 0 amide bonds. The van der Waals surface area contributed by atoms with Gasteiger partial charge in [0, 0.05) is 12.6 Å². The number of hydrogen-bond acceptors (Lipinski definition) is 2. The molecular formula is C14H20FNO. The molecule has 1 aromatic carbocycles. The van der Waals surface area contributed by atoms with Crippen LogP contribution in [0.3, 0.4) is 0 Å². The Hall–Kier alpha value is -0.930. The van der Waals surface area contributed by atoms with Crippen molar-refractivity contribution in [3.05, 3.63) is 35.9 Å². The van der Waals surface area contributed by atoms with E-state index in [1.165, 1.54) is 5.56 Å². The number of alkyl halides is 1. The van der Waals surface area contributed by atoms with Crippen molar-refractivity contribution in [3.63, 3.8) is 0 Å². The van der Waals surface area contributed by atoms with E-state index in [1.54, 1.807) is 0 Å². The van der Waals surface area contributed by atoms with E-state index in [2.05, 4.69) is 17.0 Å². The van der Waals surface area contributed by atoms with E-state index >= 15 is 0 Å². The smallest absolute Gasteiger partial charge is 0.114 e. The van der Waals surface area contributed by atoms with E-state index in [4.69, 9.17) is 5.11 Å². The van der Waals surface area contributed by atoms with Crippen molar-refractivity contribution >= 4 is 0 Å². The summed E-state index contributed by atoms with van der Waals surface area (Å²) in [5, 5.41) is 9.16. The van der Waals surface area contributed by atoms with Gasteiger partial charge < -0.3 is 5.11 Å². The Labute approximate surface area is 102 Å². The largest absolute Gasteiger partial charge is 0.395 e. The molecular weight excluding hydrogens is 217 g/mol. The second-order valence-corrected chi connectivity index (χ2v) is 4.75. The van der Waals surface area contributed by atoms with E-state index < -0.39 is 6.17 Å². The Morgan fingerprint density at radius 3 is 2.76 bits per heavy atom. The van der Waals surface area contributed by atoms with Crippen LogP contribution in [0.1, 0.15) is 18.4 Å². The molecule has 0 aliphatic carbocycles. The number of hydrogen-bond donors (Lipinski definition) is 1. The first-order valence-electron chi connectivity index (χ1n) is 6.32. The molecule has 0 aromatic heterocycles. The molecule has 1 saturated heterocycles. The number of nitrogens with zero attached hydrogens (tertiary/aromatic N) is 1. The Balaban J connectivity index is 1.75. The van der Waals surface area contributed by atoms with Gasteiger partial charge in [-0.05, 0) is 31.4 Å². The highest BCUT2D eigenvalue weighted by atomic mass is 19.1. The highest BCUT2D eigenvalue weighted by Gasteiger charge is 2.30. The third-order valence-corrected chi connectivity index (χ3v) is 3.44. The summed E-state index contributed by atoms with van der Waals surface area (Å²) in [7, 11) is 0. The topological polar surface area (TPSA) is 23.5 Å². The van der Waals surface area contributed by atoms with E-state index in [-0.39, 0.29) is 12.6 Å². The lowest BCUT2D eigenvalue weighted by molar-refractivity contribution is 0.157. The molecule has 1 fully saturated rings. The second-order valence-electron chi connectivity index (χ2n) is 4.75. The van der Waals surface area contributed by atoms with Crippen LogP contribution in [-0.2, 0) is 6.42 Å². The lowest BCUT2D eigenvalue weighted by atomic mass is 10.1. The molecule has 1 heterocycles. The van der Waals surface area contributed by atoms with Crippen LogP contribution in [0.15, 0.2) is 30.3 Å². The lowest BCUT2D eigenvalue weighted by Crippen LogP contribution is -2.33. The molecule has 0 saturated carbocycles. The summed E-state index contributed by atoms with van der Waals surface area (Å²) in [5.74, 6) is 0. The zero-order valence-electron chi connectivity index (χ0n) is 10.1. The molecule has 0 bridgehead atoms. The van der Waals surface area contributed by atoms with Crippen molar-refractivity contribution < 1.29 is 9.50 Å². The van der Waals surface area contributed by atoms with Crippen molar-refractivity contribution in [2.45, 2.75) is 31.5 Å². The highest BCUT2D eigenvalue weighted by molar-refractivity contribution is 5.14. The van der Waals surface area contributed by atoms with Crippen LogP contribution in [0, 0.1) is 0 Å². The van der Waals surface area contributed by atoms with E-state index in [0.717, 1.165) is 19.4 Å². The van der Waals surface area contributed by atoms with Gasteiger partial charge in [0.05, 0.1) is 6.61 Å². The number of aliphatic hydroxyl groups excluding tert-OH is 1. The number of rotatable bonds is 5. The minimum absolute atomic E-state index is 0.0285. The minimum atomic E-state index is -0.760. The van der Waals surface area contributed by atoms with Gasteiger partial charge in [-0.25, -0.2) is 4.39 Å². The standard InChI is InChI=1S/C14H20FNO/c15-13-9-14(11-17)16(10-13)8-4-7-12-5-2-1-3-6-12/h1-3,5-6,13-14,17H,4,7-11H2. The van der Waals surface area contributed by atoms with Gasteiger partial charge in [-0.3, -0.25) is 4.90 Å². The maximum atomic E-state index is 13.2. The SMILES string of the molecule is OCC1CC(F)CN1CCCc1ccccc1. The van der Waals surface area contributed by atoms with Gasteiger partial charge >= 0.3 is 0 Å². The molecule has 1 aromatic rings. The third kappa shape index (κ3) is 3.51. The number of aryl methyl sites for hydroxylation is 1. The van der Waals surface area contributed by atoms with Gasteiger partial charge in [0.15, 0.2) is 0 Å². The first-order chi connectivity index (χ1) is 8.29. The molecule has 1 aliphatic rings. The first kappa shape index (κ1) is 12.5. The zero-order valence-corrected chi connectivity index (χ0v) is 10.1. The van der Waals surface area contributed by atoms with Crippen molar-refractivity contribution in [2.24, 2.45) is 0 Å². The van der Waals surface area contributed by atoms with Crippen molar-refractivity contribution in [1.29, 1.82) is 0 Å². The summed E-state index contributed by atoms with van der Waals surface area (Å²) in [5.41, 5.74) is 1.32. The predicted octanol–water partition coefficient (Wildman–Crippen LogP) is 2.02. The molecule has 0 spiro atoms. The van der Waals surface area contributed by atoms with Crippen LogP contribution >= 0.6 is 0 Å². The minimum Gasteiger partial charge on any atom is -0.395 e. The van der Waals surface area contributed by atoms with Crippen molar-refractivity contribution in [3.8, 4) is 0 Å². The molecule has 2 nitrogen and oxygen atoms in total. The summed E-state index contributed by atoms with van der Waals surface area (Å²) in [6.07, 6.45) is 1.77. The Bertz CT molecular complexity index is 330. The molecule has 2 unspecified atom stereocenters. The number of benzene rings is 1. The fourth-order valence-electron chi connectivity index (χ4n) is 2.52. The van der Waals surface area contributed by atoms with Crippen LogP contribution in [-0.4, -0.2) is 41.9 Å². The second kappa shape index (κ2) is 6.12. The molecule has 94 valence electrons. The fourth-order valence-corrected chi connectivity index (χ4v) is 2.52. The summed E-state index contributed by atoms with van der Waals surface area (Å²) in [6, 6.07) is 10.4. The van der Waals surface area contributed by atoms with Crippen LogP contribution < -0.4 is 0 Å². The van der Waals surface area contributed by atoms with Crippen molar-refractivity contribution in [2.75, 3.05) is 19.7 Å². The van der Waals surface area contributed by atoms with Gasteiger partial charge in [0.1, 0.15) is 6.17 Å². The third-order valence-electron chi connectivity index (χ3n) is 3.44. The van der Waals surface area contributed by atoms with Gasteiger partial charge in [0.25, 0.3) is 0 Å². The normalized spacial score (nSPS) is 25.3. The summed E-state index contributed by atoms with van der Waals surface area (Å²) in [4.78, 5) is 2.08. The number of aliphatic hydroxyl groups is 1. The molecule has 2 rings (SSSR count). The average Bonchev–Trinajstić information content (AvgIpc) is 2.71. The molecule has 3 heteroatoms. The maximum absolute atomic E-state index is 13.2. The highest BCUT2D eigenvalue weighted by Crippen LogP contribution is 2.20. The quantitative estimate of drug-likeness (QED) is 0.847. The monoisotopic (exact) mass is 237 g/mol.